The van der Waals surface area contributed by atoms with Crippen LogP contribution in [0, 0.1) is 0 Å². The highest BCUT2D eigenvalue weighted by Gasteiger charge is 2.11. The van der Waals surface area contributed by atoms with Gasteiger partial charge in [-0.05, 0) is 32.0 Å². The van der Waals surface area contributed by atoms with Crippen LogP contribution in [0.25, 0.3) is 0 Å². The average Bonchev–Trinajstić information content (AvgIpc) is 2.37. The van der Waals surface area contributed by atoms with E-state index in [1.807, 2.05) is 32.2 Å². The predicted octanol–water partition coefficient (Wildman–Crippen LogP) is 2.73. The van der Waals surface area contributed by atoms with Gasteiger partial charge >= 0.3 is 0 Å². The molecule has 102 valence electrons. The van der Waals surface area contributed by atoms with E-state index in [1.54, 1.807) is 6.07 Å². The van der Waals surface area contributed by atoms with E-state index < -0.39 is 6.10 Å². The van der Waals surface area contributed by atoms with Gasteiger partial charge in [-0.3, -0.25) is 0 Å². The van der Waals surface area contributed by atoms with Crippen molar-refractivity contribution in [1.29, 1.82) is 0 Å². The molecule has 18 heavy (non-hydrogen) atoms. The molecule has 1 aromatic rings. The normalized spacial score (nSPS) is 12.9. The number of halogens is 1. The second-order valence-corrected chi connectivity index (χ2v) is 4.73. The second kappa shape index (κ2) is 8.48. The molecule has 0 amide bonds. The van der Waals surface area contributed by atoms with Crippen LogP contribution in [0.15, 0.2) is 24.3 Å². The molecular weight excluding hydrogens is 250 g/mol. The third-order valence-electron chi connectivity index (χ3n) is 2.87. The summed E-state index contributed by atoms with van der Waals surface area (Å²) in [6, 6.07) is 7.43. The van der Waals surface area contributed by atoms with Crippen molar-refractivity contribution in [1.82, 2.24) is 4.90 Å². The maximum Gasteiger partial charge on any atom is 0.0816 e. The van der Waals surface area contributed by atoms with Gasteiger partial charge < -0.3 is 14.7 Å². The van der Waals surface area contributed by atoms with E-state index >= 15 is 0 Å². The van der Waals surface area contributed by atoms with Crippen molar-refractivity contribution in [2.24, 2.45) is 0 Å². The number of hydrogen-bond acceptors (Lipinski definition) is 3. The topological polar surface area (TPSA) is 32.7 Å². The minimum Gasteiger partial charge on any atom is -0.388 e. The van der Waals surface area contributed by atoms with E-state index in [-0.39, 0.29) is 0 Å². The monoisotopic (exact) mass is 271 g/mol. The summed E-state index contributed by atoms with van der Waals surface area (Å²) in [5, 5.41) is 10.7. The largest absolute Gasteiger partial charge is 0.388 e. The van der Waals surface area contributed by atoms with Crippen LogP contribution >= 0.6 is 11.6 Å². The van der Waals surface area contributed by atoms with Gasteiger partial charge in [0.1, 0.15) is 0 Å². The van der Waals surface area contributed by atoms with E-state index in [0.717, 1.165) is 31.9 Å². The molecule has 0 spiro atoms. The molecule has 0 aliphatic heterocycles. The molecule has 0 aromatic heterocycles. The first-order valence-corrected chi connectivity index (χ1v) is 6.71. The minimum absolute atomic E-state index is 0.506. The highest BCUT2D eigenvalue weighted by atomic mass is 35.5. The maximum atomic E-state index is 10.1. The summed E-state index contributed by atoms with van der Waals surface area (Å²) < 4.78 is 5.29. The Morgan fingerprint density at radius 2 is 2.06 bits per heavy atom. The highest BCUT2D eigenvalue weighted by Crippen LogP contribution is 2.24. The summed E-state index contributed by atoms with van der Waals surface area (Å²) in [7, 11) is 2.03. The number of likely N-dealkylation sites (N-methyl/N-ethyl adjacent to an activating group) is 1. The summed E-state index contributed by atoms with van der Waals surface area (Å²) in [6.45, 7) is 5.16. The lowest BCUT2D eigenvalue weighted by atomic mass is 10.1. The van der Waals surface area contributed by atoms with Crippen molar-refractivity contribution < 1.29 is 9.84 Å². The second-order valence-electron chi connectivity index (χ2n) is 4.33. The van der Waals surface area contributed by atoms with Crippen LogP contribution < -0.4 is 0 Å². The van der Waals surface area contributed by atoms with Gasteiger partial charge in [0.25, 0.3) is 0 Å². The molecular formula is C14H22ClNO2. The molecule has 0 radical (unpaired) electrons. The van der Waals surface area contributed by atoms with Crippen molar-refractivity contribution in [3.05, 3.63) is 34.9 Å². The predicted molar refractivity (Wildman–Crippen MR) is 75.0 cm³/mol. The molecule has 1 atom stereocenters. The van der Waals surface area contributed by atoms with Crippen molar-refractivity contribution in [2.75, 3.05) is 33.4 Å². The number of aliphatic hydroxyl groups is 1. The Morgan fingerprint density at radius 3 is 2.72 bits per heavy atom. The number of aliphatic hydroxyl groups excluding tert-OH is 1. The fourth-order valence-corrected chi connectivity index (χ4v) is 1.98. The molecule has 0 saturated carbocycles. The maximum absolute atomic E-state index is 10.1. The Hall–Kier alpha value is -0.610. The molecule has 0 aliphatic rings. The molecule has 0 aliphatic carbocycles. The average molecular weight is 272 g/mol. The van der Waals surface area contributed by atoms with Crippen LogP contribution in [0.5, 0.6) is 0 Å². The number of rotatable bonds is 8. The van der Waals surface area contributed by atoms with Gasteiger partial charge in [-0.1, -0.05) is 29.8 Å². The van der Waals surface area contributed by atoms with Gasteiger partial charge in [0.2, 0.25) is 0 Å². The van der Waals surface area contributed by atoms with Gasteiger partial charge in [0.15, 0.2) is 0 Å². The Balaban J connectivity index is 2.32. The molecule has 1 N–H and O–H groups in total. The number of ether oxygens (including phenoxy) is 1. The highest BCUT2D eigenvalue weighted by molar-refractivity contribution is 6.31. The Morgan fingerprint density at radius 1 is 1.33 bits per heavy atom. The number of hydrogen-bond donors (Lipinski definition) is 1. The Kier molecular flexibility index (Phi) is 7.28. The van der Waals surface area contributed by atoms with E-state index in [9.17, 15) is 5.11 Å². The summed E-state index contributed by atoms with van der Waals surface area (Å²) in [5.74, 6) is 0. The number of nitrogens with zero attached hydrogens (tertiary/aromatic N) is 1. The van der Waals surface area contributed by atoms with Crippen LogP contribution in [0.3, 0.4) is 0 Å². The third kappa shape index (κ3) is 5.36. The van der Waals surface area contributed by atoms with Crippen LogP contribution in [-0.2, 0) is 4.74 Å². The fourth-order valence-electron chi connectivity index (χ4n) is 1.72. The molecule has 0 heterocycles. The summed E-state index contributed by atoms with van der Waals surface area (Å²) in [6.07, 6.45) is 0.167. The van der Waals surface area contributed by atoms with Crippen LogP contribution in [0.2, 0.25) is 5.02 Å². The van der Waals surface area contributed by atoms with E-state index in [1.165, 1.54) is 0 Å². The van der Waals surface area contributed by atoms with Crippen LogP contribution in [0.1, 0.15) is 25.0 Å². The van der Waals surface area contributed by atoms with Crippen molar-refractivity contribution in [3.63, 3.8) is 0 Å². The lowest BCUT2D eigenvalue weighted by Gasteiger charge is -2.19. The first kappa shape index (κ1) is 15.4. The van der Waals surface area contributed by atoms with Crippen LogP contribution in [-0.4, -0.2) is 43.4 Å². The van der Waals surface area contributed by atoms with E-state index in [0.29, 0.717) is 11.4 Å². The third-order valence-corrected chi connectivity index (χ3v) is 3.21. The molecule has 1 unspecified atom stereocenters. The molecule has 4 heteroatoms. The quantitative estimate of drug-likeness (QED) is 0.738. The molecule has 3 nitrogen and oxygen atoms in total. The standard InChI is InChI=1S/C14H22ClNO2/c1-3-18-11-10-16(2)9-8-14(17)12-6-4-5-7-13(12)15/h4-7,14,17H,3,8-11H2,1-2H3. The zero-order chi connectivity index (χ0) is 13.4. The molecule has 0 fully saturated rings. The summed E-state index contributed by atoms with van der Waals surface area (Å²) in [4.78, 5) is 2.15. The number of benzene rings is 1. The van der Waals surface area contributed by atoms with Gasteiger partial charge in [-0.15, -0.1) is 0 Å². The first-order chi connectivity index (χ1) is 8.65. The van der Waals surface area contributed by atoms with Crippen molar-refractivity contribution in [2.45, 2.75) is 19.4 Å². The van der Waals surface area contributed by atoms with Gasteiger partial charge in [-0.2, -0.15) is 0 Å². The van der Waals surface area contributed by atoms with E-state index in [2.05, 4.69) is 4.90 Å². The zero-order valence-electron chi connectivity index (χ0n) is 11.1. The van der Waals surface area contributed by atoms with Gasteiger partial charge in [-0.25, -0.2) is 0 Å². The Labute approximate surface area is 114 Å². The minimum atomic E-state index is -0.506. The van der Waals surface area contributed by atoms with Crippen molar-refractivity contribution in [3.8, 4) is 0 Å². The SMILES string of the molecule is CCOCCN(C)CCC(O)c1ccccc1Cl. The first-order valence-electron chi connectivity index (χ1n) is 6.34. The lowest BCUT2D eigenvalue weighted by molar-refractivity contribution is 0.109. The molecule has 1 rings (SSSR count). The lowest BCUT2D eigenvalue weighted by Crippen LogP contribution is -2.25. The smallest absolute Gasteiger partial charge is 0.0816 e. The molecule has 0 saturated heterocycles. The molecule has 0 bridgehead atoms. The van der Waals surface area contributed by atoms with Crippen molar-refractivity contribution >= 4 is 11.6 Å². The van der Waals surface area contributed by atoms with Gasteiger partial charge in [0, 0.05) is 24.7 Å². The van der Waals surface area contributed by atoms with Crippen LogP contribution in [0.4, 0.5) is 0 Å². The molecule has 1 aromatic carbocycles. The van der Waals surface area contributed by atoms with E-state index in [4.69, 9.17) is 16.3 Å². The summed E-state index contributed by atoms with van der Waals surface area (Å²) in [5.41, 5.74) is 0.803. The summed E-state index contributed by atoms with van der Waals surface area (Å²) >= 11 is 6.04. The fraction of sp³-hybridized carbons (Fsp3) is 0.571. The Bertz CT molecular complexity index is 346. The zero-order valence-corrected chi connectivity index (χ0v) is 11.9. The van der Waals surface area contributed by atoms with Gasteiger partial charge in [0.05, 0.1) is 12.7 Å².